The number of halogens is 3. The van der Waals surface area contributed by atoms with Gasteiger partial charge < -0.3 is 19.1 Å². The van der Waals surface area contributed by atoms with E-state index in [2.05, 4.69) is 10.3 Å². The van der Waals surface area contributed by atoms with E-state index in [0.29, 0.717) is 51.6 Å². The summed E-state index contributed by atoms with van der Waals surface area (Å²) in [7, 11) is 0. The Morgan fingerprint density at radius 3 is 2.28 bits per heavy atom. The molecule has 4 aliphatic carbocycles. The van der Waals surface area contributed by atoms with E-state index in [1.807, 2.05) is 6.20 Å². The number of carbonyl (C=O) groups excluding carboxylic acids is 2. The number of nitrogens with zero attached hydrogens (tertiary/aromatic N) is 6. The van der Waals surface area contributed by atoms with Crippen LogP contribution in [0.5, 0.6) is 0 Å². The van der Waals surface area contributed by atoms with Gasteiger partial charge in [0.25, 0.3) is 5.91 Å². The van der Waals surface area contributed by atoms with Gasteiger partial charge >= 0.3 is 12.1 Å². The Balaban J connectivity index is 0.817. The largest absolute Gasteiger partial charge is 0.463 e. The molecule has 1 amide bonds. The van der Waals surface area contributed by atoms with Crippen molar-refractivity contribution in [2.24, 2.45) is 23.2 Å². The molecule has 0 radical (unpaired) electrons. The van der Waals surface area contributed by atoms with Gasteiger partial charge in [-0.3, -0.25) is 19.2 Å². The molecule has 2 aromatic rings. The molecule has 4 saturated carbocycles. The van der Waals surface area contributed by atoms with Crippen molar-refractivity contribution in [3.63, 3.8) is 0 Å². The van der Waals surface area contributed by atoms with E-state index in [-0.39, 0.29) is 28.8 Å². The van der Waals surface area contributed by atoms with Gasteiger partial charge in [-0.15, -0.1) is 5.10 Å². The molecule has 11 nitrogen and oxygen atoms in total. The molecule has 0 N–H and O–H groups in total. The molecule has 53 heavy (non-hydrogen) atoms. The number of amides is 1. The number of carbonyl (C=O) groups is 2. The third kappa shape index (κ3) is 9.20. The zero-order valence-electron chi connectivity index (χ0n) is 30.5. The molecule has 0 atom stereocenters. The molecule has 0 spiro atoms. The molecule has 7 rings (SSSR count). The predicted octanol–water partition coefficient (Wildman–Crippen LogP) is 6.82. The minimum atomic E-state index is -4.74. The summed E-state index contributed by atoms with van der Waals surface area (Å²) in [5.74, 6) is 1.95. The lowest BCUT2D eigenvalue weighted by molar-refractivity contribution is -0.153. The third-order valence-electron chi connectivity index (χ3n) is 11.4. The van der Waals surface area contributed by atoms with Crippen molar-refractivity contribution < 1.29 is 37.0 Å². The number of hydrogen-bond acceptors (Lipinski definition) is 9. The van der Waals surface area contributed by atoms with E-state index in [9.17, 15) is 22.8 Å². The van der Waals surface area contributed by atoms with Crippen molar-refractivity contribution in [2.45, 2.75) is 109 Å². The van der Waals surface area contributed by atoms with Crippen LogP contribution in [0.15, 0.2) is 24.4 Å². The Labute approximate surface area is 314 Å². The number of ether oxygens (including phenoxy) is 3. The number of hydrogen-bond donors (Lipinski definition) is 0. The molecule has 288 valence electrons. The van der Waals surface area contributed by atoms with Gasteiger partial charge in [-0.25, -0.2) is 0 Å². The minimum Gasteiger partial charge on any atom is -0.463 e. The molecule has 2 heterocycles. The maximum absolute atomic E-state index is 13.6. The predicted molar refractivity (Wildman–Crippen MR) is 192 cm³/mol. The maximum atomic E-state index is 13.6. The first-order valence-electron chi connectivity index (χ1n) is 18.8. The van der Waals surface area contributed by atoms with Crippen LogP contribution in [0, 0.1) is 34.5 Å². The standard InChI is InChI=1S/C38H49F3N6O5S/c1-36(2)34(49)47(31-8-7-29(23-42)32(18-31)38(39,40)41)35(53)46(36)10-6-4-3-5-9-45-24-30(43-44-45)25-51-12-11-50-13-14-52-33(48)22-37-19-26-15-27(20-37)17-28(16-26)21-37/h7-8,18,24,26-28H,3-6,9-17,19-22,25H2,1-2H3. The highest BCUT2D eigenvalue weighted by molar-refractivity contribution is 7.80. The average Bonchev–Trinajstić information content (AvgIpc) is 3.61. The number of aryl methyl sites for hydroxylation is 1. The third-order valence-corrected chi connectivity index (χ3v) is 11.8. The highest BCUT2D eigenvalue weighted by atomic mass is 32.1. The topological polar surface area (TPSA) is 123 Å². The first-order chi connectivity index (χ1) is 25.3. The van der Waals surface area contributed by atoms with Gasteiger partial charge in [0.15, 0.2) is 5.11 Å². The van der Waals surface area contributed by atoms with E-state index >= 15 is 0 Å². The van der Waals surface area contributed by atoms with Gasteiger partial charge in [-0.2, -0.15) is 18.4 Å². The molecule has 1 aliphatic heterocycles. The van der Waals surface area contributed by atoms with Gasteiger partial charge in [0.05, 0.1) is 61.9 Å². The van der Waals surface area contributed by atoms with Crippen LogP contribution in [0.3, 0.4) is 0 Å². The number of nitriles is 1. The van der Waals surface area contributed by atoms with Crippen molar-refractivity contribution in [1.82, 2.24) is 19.9 Å². The SMILES string of the molecule is CC1(C)C(=O)N(c2ccc(C#N)c(C(F)(F)F)c2)C(=S)N1CCCCCCn1cc(COCCOCCOC(=O)CC23CC4CC(CC(C4)C2)C3)nn1. The number of alkyl halides is 3. The summed E-state index contributed by atoms with van der Waals surface area (Å²) < 4.78 is 59.3. The number of rotatable bonds is 18. The summed E-state index contributed by atoms with van der Waals surface area (Å²) in [6.07, 6.45) is 8.67. The smallest absolute Gasteiger partial charge is 0.417 e. The second kappa shape index (κ2) is 16.4. The summed E-state index contributed by atoms with van der Waals surface area (Å²) in [4.78, 5) is 28.7. The molecule has 1 aromatic carbocycles. The molecule has 1 aromatic heterocycles. The lowest BCUT2D eigenvalue weighted by atomic mass is 9.49. The summed E-state index contributed by atoms with van der Waals surface area (Å²) in [6.45, 7) is 6.25. The average molecular weight is 759 g/mol. The van der Waals surface area contributed by atoms with Crippen LogP contribution in [-0.2, 0) is 43.1 Å². The molecule has 15 heteroatoms. The number of esters is 1. The number of aromatic nitrogens is 3. The van der Waals surface area contributed by atoms with Crippen LogP contribution < -0.4 is 4.90 Å². The Hall–Kier alpha value is -3.61. The summed E-state index contributed by atoms with van der Waals surface area (Å²) in [6, 6.07) is 4.75. The fourth-order valence-electron chi connectivity index (χ4n) is 9.33. The van der Waals surface area contributed by atoms with Crippen LogP contribution in [0.4, 0.5) is 18.9 Å². The van der Waals surface area contributed by atoms with Crippen LogP contribution in [0.2, 0.25) is 0 Å². The van der Waals surface area contributed by atoms with Gasteiger partial charge in [0, 0.05) is 13.1 Å². The fourth-order valence-corrected chi connectivity index (χ4v) is 9.84. The van der Waals surface area contributed by atoms with E-state index < -0.39 is 28.7 Å². The highest BCUT2D eigenvalue weighted by Gasteiger charge is 2.52. The van der Waals surface area contributed by atoms with E-state index in [0.717, 1.165) is 60.5 Å². The van der Waals surface area contributed by atoms with Crippen molar-refractivity contribution >= 4 is 34.9 Å². The van der Waals surface area contributed by atoms with Crippen molar-refractivity contribution in [1.29, 1.82) is 5.26 Å². The van der Waals surface area contributed by atoms with Gasteiger partial charge in [0.1, 0.15) is 17.8 Å². The van der Waals surface area contributed by atoms with Crippen LogP contribution in [0.25, 0.3) is 0 Å². The number of unbranched alkanes of at least 4 members (excludes halogenated alkanes) is 3. The number of thiocarbonyl (C=S) groups is 1. The lowest BCUT2D eigenvalue weighted by Gasteiger charge is -2.56. The Kier molecular flexibility index (Phi) is 12.1. The highest BCUT2D eigenvalue weighted by Crippen LogP contribution is 2.61. The second-order valence-corrected chi connectivity index (χ2v) is 16.2. The van der Waals surface area contributed by atoms with Gasteiger partial charge in [-0.05, 0) is 119 Å². The first kappa shape index (κ1) is 39.1. The van der Waals surface area contributed by atoms with Gasteiger partial charge in [-0.1, -0.05) is 18.1 Å². The van der Waals surface area contributed by atoms with E-state index in [1.54, 1.807) is 29.5 Å². The molecule has 5 fully saturated rings. The van der Waals surface area contributed by atoms with Crippen LogP contribution in [0.1, 0.15) is 101 Å². The Bertz CT molecular complexity index is 1660. The molecular weight excluding hydrogens is 710 g/mol. The first-order valence-corrected chi connectivity index (χ1v) is 19.2. The fraction of sp³-hybridized carbons (Fsp3) is 0.684. The molecule has 4 bridgehead atoms. The quantitative estimate of drug-likeness (QED) is 0.0909. The summed E-state index contributed by atoms with van der Waals surface area (Å²) >= 11 is 5.58. The van der Waals surface area contributed by atoms with Crippen LogP contribution in [-0.4, -0.2) is 75.4 Å². The summed E-state index contributed by atoms with van der Waals surface area (Å²) in [5, 5.41) is 17.6. The lowest BCUT2D eigenvalue weighted by Crippen LogP contribution is -2.47. The summed E-state index contributed by atoms with van der Waals surface area (Å²) in [5.41, 5.74) is -1.75. The number of anilines is 1. The Morgan fingerprint density at radius 1 is 0.981 bits per heavy atom. The maximum Gasteiger partial charge on any atom is 0.417 e. The zero-order valence-corrected chi connectivity index (χ0v) is 31.4. The van der Waals surface area contributed by atoms with Gasteiger partial charge in [0.2, 0.25) is 0 Å². The number of benzene rings is 1. The molecule has 5 aliphatic rings. The van der Waals surface area contributed by atoms with E-state index in [1.165, 1.54) is 44.6 Å². The minimum absolute atomic E-state index is 0.0101. The normalized spacial score (nSPS) is 24.6. The van der Waals surface area contributed by atoms with Crippen molar-refractivity contribution in [3.8, 4) is 6.07 Å². The molecule has 0 unspecified atom stereocenters. The van der Waals surface area contributed by atoms with Crippen molar-refractivity contribution in [3.05, 3.63) is 41.2 Å². The van der Waals surface area contributed by atoms with E-state index in [4.69, 9.17) is 31.7 Å². The van der Waals surface area contributed by atoms with Crippen molar-refractivity contribution in [2.75, 3.05) is 37.9 Å². The Morgan fingerprint density at radius 2 is 1.62 bits per heavy atom. The molecular formula is C38H49F3N6O5S. The van der Waals surface area contributed by atoms with Crippen LogP contribution >= 0.6 is 12.2 Å². The second-order valence-electron chi connectivity index (χ2n) is 15.8. The monoisotopic (exact) mass is 758 g/mol. The molecule has 1 saturated heterocycles. The zero-order chi connectivity index (χ0) is 37.8.